The van der Waals surface area contributed by atoms with Gasteiger partial charge in [-0.2, -0.15) is 0 Å². The van der Waals surface area contributed by atoms with E-state index >= 15 is 0 Å². The molecule has 9 nitrogen and oxygen atoms in total. The molecule has 0 aromatic heterocycles. The van der Waals surface area contributed by atoms with Gasteiger partial charge >= 0.3 is 6.09 Å². The van der Waals surface area contributed by atoms with Crippen molar-refractivity contribution < 1.29 is 19.4 Å². The third kappa shape index (κ3) is 2.70. The topological polar surface area (TPSA) is 116 Å². The Morgan fingerprint density at radius 3 is 1.94 bits per heavy atom. The van der Waals surface area contributed by atoms with Gasteiger partial charge in [-0.15, -0.1) is 0 Å². The van der Waals surface area contributed by atoms with Gasteiger partial charge in [-0.25, -0.2) is 4.79 Å². The first-order chi connectivity index (χ1) is 8.36. The molecule has 0 aliphatic rings. The molecule has 1 rings (SSSR count). The number of nitrogens with zero attached hydrogens (tertiary/aromatic N) is 3. The van der Waals surface area contributed by atoms with Crippen molar-refractivity contribution in [3.63, 3.8) is 0 Å². The molecule has 0 atom stereocenters. The standard InChI is InChI=1S/C9H9N3O6/c1-10(9(13)18-2)6-3-7(11(14)15)5-8(4-6)12(16)17/h3-5H,1-2H3. The molecule has 1 aromatic rings. The summed E-state index contributed by atoms with van der Waals surface area (Å²) in [6, 6.07) is 2.91. The van der Waals surface area contributed by atoms with Crippen molar-refractivity contribution in [3.05, 3.63) is 38.4 Å². The molecule has 9 heteroatoms. The number of methoxy groups -OCH3 is 1. The van der Waals surface area contributed by atoms with E-state index in [0.717, 1.165) is 30.2 Å². The summed E-state index contributed by atoms with van der Waals surface area (Å²) in [6.45, 7) is 0. The summed E-state index contributed by atoms with van der Waals surface area (Å²) >= 11 is 0. The molecule has 0 heterocycles. The molecule has 0 unspecified atom stereocenters. The largest absolute Gasteiger partial charge is 0.452 e. The third-order valence-corrected chi connectivity index (χ3v) is 2.14. The highest BCUT2D eigenvalue weighted by molar-refractivity contribution is 5.88. The van der Waals surface area contributed by atoms with E-state index in [9.17, 15) is 25.0 Å². The van der Waals surface area contributed by atoms with Crippen LogP contribution >= 0.6 is 0 Å². The molecule has 0 aliphatic carbocycles. The van der Waals surface area contributed by atoms with Crippen LogP contribution in [0.5, 0.6) is 0 Å². The lowest BCUT2D eigenvalue weighted by Gasteiger charge is -2.14. The van der Waals surface area contributed by atoms with Crippen LogP contribution in [0.15, 0.2) is 18.2 Å². The van der Waals surface area contributed by atoms with Crippen LogP contribution in [0.1, 0.15) is 0 Å². The molecular weight excluding hydrogens is 246 g/mol. The van der Waals surface area contributed by atoms with Crippen molar-refractivity contribution in [3.8, 4) is 0 Å². The van der Waals surface area contributed by atoms with Crippen LogP contribution in [0.25, 0.3) is 0 Å². The highest BCUT2D eigenvalue weighted by atomic mass is 16.6. The number of nitro benzene ring substituents is 2. The normalized spacial score (nSPS) is 9.67. The molecule has 96 valence electrons. The lowest BCUT2D eigenvalue weighted by Crippen LogP contribution is -2.25. The van der Waals surface area contributed by atoms with Crippen LogP contribution in [-0.4, -0.2) is 30.1 Å². The van der Waals surface area contributed by atoms with Crippen LogP contribution in [0.4, 0.5) is 21.9 Å². The molecule has 1 aromatic carbocycles. The summed E-state index contributed by atoms with van der Waals surface area (Å²) in [5.74, 6) is 0. The van der Waals surface area contributed by atoms with Gasteiger partial charge in [-0.3, -0.25) is 25.1 Å². The van der Waals surface area contributed by atoms with Gasteiger partial charge in [0, 0.05) is 19.2 Å². The van der Waals surface area contributed by atoms with E-state index in [4.69, 9.17) is 0 Å². The molecule has 0 saturated heterocycles. The molecule has 0 N–H and O–H groups in total. The number of carbonyl (C=O) groups is 1. The van der Waals surface area contributed by atoms with E-state index in [0.29, 0.717) is 0 Å². The SMILES string of the molecule is COC(=O)N(C)c1cc([N+](=O)[O-])cc([N+](=O)[O-])c1. The molecule has 0 spiro atoms. The van der Waals surface area contributed by atoms with Gasteiger partial charge in [-0.05, 0) is 0 Å². The zero-order valence-electron chi connectivity index (χ0n) is 9.52. The Morgan fingerprint density at radius 1 is 1.17 bits per heavy atom. The molecule has 0 aliphatic heterocycles. The molecule has 1 amide bonds. The summed E-state index contributed by atoms with van der Waals surface area (Å²) in [7, 11) is 2.42. The Labute approximate surface area is 101 Å². The second-order valence-corrected chi connectivity index (χ2v) is 3.25. The molecular formula is C9H9N3O6. The maximum atomic E-state index is 11.2. The lowest BCUT2D eigenvalue weighted by molar-refractivity contribution is -0.394. The van der Waals surface area contributed by atoms with Gasteiger partial charge in [-0.1, -0.05) is 0 Å². The van der Waals surface area contributed by atoms with Gasteiger partial charge < -0.3 is 4.74 Å². The second kappa shape index (κ2) is 5.08. The summed E-state index contributed by atoms with van der Waals surface area (Å²) < 4.78 is 4.41. The van der Waals surface area contributed by atoms with Crippen LogP contribution < -0.4 is 4.90 Å². The number of nitro groups is 2. The zero-order chi connectivity index (χ0) is 13.9. The van der Waals surface area contributed by atoms with Crippen molar-refractivity contribution in [1.82, 2.24) is 0 Å². The summed E-state index contributed by atoms with van der Waals surface area (Å²) in [5.41, 5.74) is -0.951. The van der Waals surface area contributed by atoms with E-state index < -0.39 is 27.3 Å². The number of amides is 1. The van der Waals surface area contributed by atoms with Crippen LogP contribution in [0.3, 0.4) is 0 Å². The summed E-state index contributed by atoms with van der Waals surface area (Å²) in [5, 5.41) is 21.3. The Balaban J connectivity index is 3.31. The Bertz CT molecular complexity index is 483. The quantitative estimate of drug-likeness (QED) is 0.599. The van der Waals surface area contributed by atoms with Gasteiger partial charge in [0.25, 0.3) is 11.4 Å². The summed E-state index contributed by atoms with van der Waals surface area (Å²) in [6.07, 6.45) is -0.787. The first-order valence-corrected chi connectivity index (χ1v) is 4.62. The van der Waals surface area contributed by atoms with E-state index in [-0.39, 0.29) is 5.69 Å². The minimum Gasteiger partial charge on any atom is -0.452 e. The first-order valence-electron chi connectivity index (χ1n) is 4.62. The fourth-order valence-electron chi connectivity index (χ4n) is 1.23. The number of hydrogen-bond donors (Lipinski definition) is 0. The van der Waals surface area contributed by atoms with E-state index in [1.54, 1.807) is 0 Å². The van der Waals surface area contributed by atoms with Crippen LogP contribution in [0.2, 0.25) is 0 Å². The predicted octanol–water partition coefficient (Wildman–Crippen LogP) is 1.71. The lowest BCUT2D eigenvalue weighted by atomic mass is 10.2. The minimum absolute atomic E-state index is 0.00255. The highest BCUT2D eigenvalue weighted by Crippen LogP contribution is 2.27. The average molecular weight is 255 g/mol. The number of benzene rings is 1. The fourth-order valence-corrected chi connectivity index (χ4v) is 1.23. The maximum Gasteiger partial charge on any atom is 0.413 e. The molecule has 0 bridgehead atoms. The second-order valence-electron chi connectivity index (χ2n) is 3.25. The molecule has 0 fully saturated rings. The average Bonchev–Trinajstić information content (AvgIpc) is 2.36. The molecule has 0 radical (unpaired) electrons. The van der Waals surface area contributed by atoms with Crippen molar-refractivity contribution >= 4 is 23.2 Å². The van der Waals surface area contributed by atoms with Crippen LogP contribution in [-0.2, 0) is 4.74 Å². The number of hydrogen-bond acceptors (Lipinski definition) is 6. The van der Waals surface area contributed by atoms with Gasteiger partial charge in [0.15, 0.2) is 0 Å². The minimum atomic E-state index is -0.787. The number of anilines is 1. The van der Waals surface area contributed by atoms with E-state index in [2.05, 4.69) is 4.74 Å². The third-order valence-electron chi connectivity index (χ3n) is 2.14. The number of rotatable bonds is 3. The maximum absolute atomic E-state index is 11.2. The van der Waals surface area contributed by atoms with Gasteiger partial charge in [0.2, 0.25) is 0 Å². The highest BCUT2D eigenvalue weighted by Gasteiger charge is 2.20. The van der Waals surface area contributed by atoms with E-state index in [1.165, 1.54) is 7.05 Å². The zero-order valence-corrected chi connectivity index (χ0v) is 9.52. The Morgan fingerprint density at radius 2 is 1.61 bits per heavy atom. The van der Waals surface area contributed by atoms with Crippen molar-refractivity contribution in [2.75, 3.05) is 19.1 Å². The number of ether oxygens (including phenoxy) is 1. The molecule has 18 heavy (non-hydrogen) atoms. The Hall–Kier alpha value is -2.71. The van der Waals surface area contributed by atoms with Gasteiger partial charge in [0.05, 0.1) is 28.7 Å². The van der Waals surface area contributed by atoms with Crippen molar-refractivity contribution in [1.29, 1.82) is 0 Å². The fraction of sp³-hybridized carbons (Fsp3) is 0.222. The van der Waals surface area contributed by atoms with Gasteiger partial charge in [0.1, 0.15) is 0 Å². The Kier molecular flexibility index (Phi) is 3.77. The number of carbonyl (C=O) groups excluding carboxylic acids is 1. The van der Waals surface area contributed by atoms with Crippen molar-refractivity contribution in [2.24, 2.45) is 0 Å². The predicted molar refractivity (Wildman–Crippen MR) is 60.6 cm³/mol. The monoisotopic (exact) mass is 255 g/mol. The smallest absolute Gasteiger partial charge is 0.413 e. The number of non-ortho nitro benzene ring substituents is 2. The molecule has 0 saturated carbocycles. The summed E-state index contributed by atoms with van der Waals surface area (Å²) in [4.78, 5) is 31.9. The van der Waals surface area contributed by atoms with Crippen molar-refractivity contribution in [2.45, 2.75) is 0 Å². The van der Waals surface area contributed by atoms with Crippen LogP contribution in [0, 0.1) is 20.2 Å². The first kappa shape index (κ1) is 13.4. The van der Waals surface area contributed by atoms with E-state index in [1.807, 2.05) is 0 Å².